The van der Waals surface area contributed by atoms with Gasteiger partial charge in [0, 0.05) is 19.7 Å². The number of anilines is 1. The first-order valence-electron chi connectivity index (χ1n) is 5.56. The van der Waals surface area contributed by atoms with Crippen LogP contribution in [0.2, 0.25) is 0 Å². The fourth-order valence-corrected chi connectivity index (χ4v) is 1.71. The molecule has 0 heterocycles. The van der Waals surface area contributed by atoms with Crippen molar-refractivity contribution in [1.29, 1.82) is 5.26 Å². The van der Waals surface area contributed by atoms with E-state index < -0.39 is 5.82 Å². The maximum Gasteiger partial charge on any atom is 0.143 e. The van der Waals surface area contributed by atoms with Crippen LogP contribution < -0.4 is 4.90 Å². The molecule has 1 rings (SSSR count). The van der Waals surface area contributed by atoms with Crippen molar-refractivity contribution in [2.75, 3.05) is 25.2 Å². The molecule has 0 aromatic heterocycles. The van der Waals surface area contributed by atoms with Crippen LogP contribution in [0.25, 0.3) is 0 Å². The highest BCUT2D eigenvalue weighted by Gasteiger charge is 2.16. The van der Waals surface area contributed by atoms with Gasteiger partial charge < -0.3 is 9.64 Å². The van der Waals surface area contributed by atoms with Gasteiger partial charge in [-0.2, -0.15) is 5.26 Å². The minimum atomic E-state index is -0.479. The van der Waals surface area contributed by atoms with Gasteiger partial charge in [0.25, 0.3) is 0 Å². The normalized spacial score (nSPS) is 10.4. The molecule has 0 saturated heterocycles. The summed E-state index contributed by atoms with van der Waals surface area (Å²) in [6, 6.07) is 6.78. The van der Waals surface area contributed by atoms with Crippen molar-refractivity contribution in [2.45, 2.75) is 19.9 Å². The van der Waals surface area contributed by atoms with E-state index in [2.05, 4.69) is 0 Å². The van der Waals surface area contributed by atoms with Gasteiger partial charge in [-0.05, 0) is 26.0 Å². The Balaban J connectivity index is 3.10. The third-order valence-corrected chi connectivity index (χ3v) is 2.57. The lowest BCUT2D eigenvalue weighted by molar-refractivity contribution is 0.204. The predicted molar refractivity (Wildman–Crippen MR) is 65.5 cm³/mol. The third-order valence-electron chi connectivity index (χ3n) is 2.57. The molecule has 1 aromatic carbocycles. The number of rotatable bonds is 5. The zero-order valence-corrected chi connectivity index (χ0v) is 10.4. The highest BCUT2D eigenvalue weighted by molar-refractivity contribution is 5.60. The summed E-state index contributed by atoms with van der Waals surface area (Å²) in [5.74, 6) is -0.479. The molecule has 0 aliphatic rings. The lowest BCUT2D eigenvalue weighted by atomic mass is 10.1. The van der Waals surface area contributed by atoms with Gasteiger partial charge in [-0.1, -0.05) is 6.07 Å². The summed E-state index contributed by atoms with van der Waals surface area (Å²) < 4.78 is 18.5. The number of hydrogen-bond acceptors (Lipinski definition) is 3. The molecule has 0 bridgehead atoms. The van der Waals surface area contributed by atoms with Crippen molar-refractivity contribution in [3.8, 4) is 6.07 Å². The van der Waals surface area contributed by atoms with E-state index in [1.54, 1.807) is 19.2 Å². The van der Waals surface area contributed by atoms with Crippen molar-refractivity contribution in [3.63, 3.8) is 0 Å². The van der Waals surface area contributed by atoms with Crippen LogP contribution in [0.5, 0.6) is 0 Å². The third kappa shape index (κ3) is 3.18. The summed E-state index contributed by atoms with van der Waals surface area (Å²) in [7, 11) is 1.62. The van der Waals surface area contributed by atoms with Crippen LogP contribution >= 0.6 is 0 Å². The largest absolute Gasteiger partial charge is 0.383 e. The molecule has 0 N–H and O–H groups in total. The van der Waals surface area contributed by atoms with Crippen LogP contribution in [-0.4, -0.2) is 26.3 Å². The van der Waals surface area contributed by atoms with Crippen molar-refractivity contribution in [1.82, 2.24) is 0 Å². The van der Waals surface area contributed by atoms with Crippen LogP contribution in [0.3, 0.4) is 0 Å². The van der Waals surface area contributed by atoms with E-state index in [1.807, 2.05) is 24.8 Å². The molecule has 0 aliphatic heterocycles. The van der Waals surface area contributed by atoms with E-state index in [-0.39, 0.29) is 11.6 Å². The fourth-order valence-electron chi connectivity index (χ4n) is 1.71. The Bertz CT molecular complexity index is 412. The first-order valence-corrected chi connectivity index (χ1v) is 5.56. The Kier molecular flexibility index (Phi) is 4.92. The van der Waals surface area contributed by atoms with Gasteiger partial charge in [-0.15, -0.1) is 0 Å². The first kappa shape index (κ1) is 13.5. The molecule has 0 fully saturated rings. The summed E-state index contributed by atoms with van der Waals surface area (Å²) in [5.41, 5.74) is 0.719. The molecule has 0 unspecified atom stereocenters. The van der Waals surface area contributed by atoms with Gasteiger partial charge in [0.1, 0.15) is 17.4 Å². The molecule has 0 radical (unpaired) electrons. The van der Waals surface area contributed by atoms with Crippen molar-refractivity contribution < 1.29 is 9.13 Å². The summed E-state index contributed by atoms with van der Waals surface area (Å²) >= 11 is 0. The molecule has 0 aliphatic carbocycles. The predicted octanol–water partition coefficient (Wildman–Crippen LogP) is 2.56. The molecule has 0 saturated carbocycles. The minimum Gasteiger partial charge on any atom is -0.383 e. The standard InChI is InChI=1S/C13H17FN2O/c1-10(2)16(7-8-17-3)13-6-4-5-12(14)11(13)9-15/h4-6,10H,7-8H2,1-3H3. The van der Waals surface area contributed by atoms with E-state index in [4.69, 9.17) is 10.00 Å². The number of halogens is 1. The number of benzene rings is 1. The van der Waals surface area contributed by atoms with Crippen LogP contribution in [-0.2, 0) is 4.74 Å². The van der Waals surface area contributed by atoms with Crippen molar-refractivity contribution >= 4 is 5.69 Å². The fraction of sp³-hybridized carbons (Fsp3) is 0.462. The smallest absolute Gasteiger partial charge is 0.143 e. The molecule has 17 heavy (non-hydrogen) atoms. The van der Waals surface area contributed by atoms with Gasteiger partial charge in [0.05, 0.1) is 12.3 Å². The maximum atomic E-state index is 13.5. The van der Waals surface area contributed by atoms with E-state index in [0.29, 0.717) is 18.8 Å². The number of methoxy groups -OCH3 is 1. The maximum absolute atomic E-state index is 13.5. The molecule has 0 spiro atoms. The van der Waals surface area contributed by atoms with Crippen LogP contribution in [0.15, 0.2) is 18.2 Å². The molecule has 4 heteroatoms. The van der Waals surface area contributed by atoms with Crippen LogP contribution in [0.4, 0.5) is 10.1 Å². The Morgan fingerprint density at radius 2 is 2.18 bits per heavy atom. The van der Waals surface area contributed by atoms with Crippen molar-refractivity contribution in [3.05, 3.63) is 29.6 Å². The summed E-state index contributed by atoms with van der Waals surface area (Å²) in [6.45, 7) is 5.18. The monoisotopic (exact) mass is 236 g/mol. The number of hydrogen-bond donors (Lipinski definition) is 0. The van der Waals surface area contributed by atoms with E-state index in [0.717, 1.165) is 0 Å². The zero-order valence-electron chi connectivity index (χ0n) is 10.4. The molecule has 3 nitrogen and oxygen atoms in total. The second-order valence-electron chi connectivity index (χ2n) is 4.03. The molecule has 0 atom stereocenters. The number of nitriles is 1. The average Bonchev–Trinajstić information content (AvgIpc) is 2.29. The first-order chi connectivity index (χ1) is 8.11. The molecule has 1 aromatic rings. The molecular weight excluding hydrogens is 219 g/mol. The van der Waals surface area contributed by atoms with Gasteiger partial charge in [-0.25, -0.2) is 4.39 Å². The lowest BCUT2D eigenvalue weighted by Gasteiger charge is -2.29. The average molecular weight is 236 g/mol. The number of nitrogens with zero attached hydrogens (tertiary/aromatic N) is 2. The van der Waals surface area contributed by atoms with Gasteiger partial charge in [0.15, 0.2) is 0 Å². The van der Waals surface area contributed by atoms with Crippen molar-refractivity contribution in [2.24, 2.45) is 0 Å². The molecule has 0 amide bonds. The molecular formula is C13H17FN2O. The second-order valence-corrected chi connectivity index (χ2v) is 4.03. The van der Waals surface area contributed by atoms with E-state index >= 15 is 0 Å². The Labute approximate surface area is 101 Å². The summed E-state index contributed by atoms with van der Waals surface area (Å²) in [4.78, 5) is 1.96. The highest BCUT2D eigenvalue weighted by Crippen LogP contribution is 2.24. The lowest BCUT2D eigenvalue weighted by Crippen LogP contribution is -2.34. The van der Waals surface area contributed by atoms with Crippen LogP contribution in [0, 0.1) is 17.1 Å². The minimum absolute atomic E-state index is 0.0947. The zero-order chi connectivity index (χ0) is 12.8. The Morgan fingerprint density at radius 1 is 1.47 bits per heavy atom. The molecule has 92 valence electrons. The van der Waals surface area contributed by atoms with Crippen LogP contribution in [0.1, 0.15) is 19.4 Å². The highest BCUT2D eigenvalue weighted by atomic mass is 19.1. The number of ether oxygens (including phenoxy) is 1. The van der Waals surface area contributed by atoms with Gasteiger partial charge in [-0.3, -0.25) is 0 Å². The SMILES string of the molecule is COCCN(c1cccc(F)c1C#N)C(C)C. The quantitative estimate of drug-likeness (QED) is 0.788. The topological polar surface area (TPSA) is 36.3 Å². The second kappa shape index (κ2) is 6.21. The van der Waals surface area contributed by atoms with E-state index in [9.17, 15) is 4.39 Å². The van der Waals surface area contributed by atoms with Gasteiger partial charge in [0.2, 0.25) is 0 Å². The summed E-state index contributed by atoms with van der Waals surface area (Å²) in [5, 5.41) is 9.01. The van der Waals surface area contributed by atoms with Gasteiger partial charge >= 0.3 is 0 Å². The Hall–Kier alpha value is -1.60. The Morgan fingerprint density at radius 3 is 2.71 bits per heavy atom. The summed E-state index contributed by atoms with van der Waals surface area (Å²) in [6.07, 6.45) is 0. The van der Waals surface area contributed by atoms with E-state index in [1.165, 1.54) is 6.07 Å².